The summed E-state index contributed by atoms with van der Waals surface area (Å²) in [5, 5.41) is 2.66. The van der Waals surface area contributed by atoms with Crippen LogP contribution < -0.4 is 10.2 Å². The topological polar surface area (TPSA) is 92.8 Å². The van der Waals surface area contributed by atoms with Crippen LogP contribution >= 0.6 is 0 Å². The van der Waals surface area contributed by atoms with Crippen LogP contribution in [0.3, 0.4) is 0 Å². The molecule has 0 aromatic heterocycles. The number of nitrogens with zero attached hydrogens (tertiary/aromatic N) is 1. The number of ketones is 1. The molecule has 1 N–H and O–H groups in total. The summed E-state index contributed by atoms with van der Waals surface area (Å²) in [5.41, 5.74) is 0.638. The van der Waals surface area contributed by atoms with Gasteiger partial charge in [-0.25, -0.2) is 0 Å². The molecule has 1 aliphatic rings. The Morgan fingerprint density at radius 2 is 1.83 bits per heavy atom. The van der Waals surface area contributed by atoms with Gasteiger partial charge in [0.25, 0.3) is 17.6 Å². The third kappa shape index (κ3) is 3.79. The molecule has 0 unspecified atom stereocenters. The maximum atomic E-state index is 12.0. The number of Topliss-reactive ketones (excluding diaryl/α,β-unsaturated/α-hetero) is 1. The van der Waals surface area contributed by atoms with Crippen molar-refractivity contribution >= 4 is 29.3 Å². The van der Waals surface area contributed by atoms with Gasteiger partial charge in [0.1, 0.15) is 6.54 Å². The summed E-state index contributed by atoms with van der Waals surface area (Å²) < 4.78 is 5.05. The smallest absolute Gasteiger partial charge is 0.326 e. The Balaban J connectivity index is 1.97. The maximum Gasteiger partial charge on any atom is 0.326 e. The van der Waals surface area contributed by atoms with Gasteiger partial charge in [-0.05, 0) is 25.0 Å². The van der Waals surface area contributed by atoms with E-state index in [4.69, 9.17) is 4.74 Å². The summed E-state index contributed by atoms with van der Waals surface area (Å²) >= 11 is 0. The van der Waals surface area contributed by atoms with Crippen molar-refractivity contribution in [2.45, 2.75) is 26.9 Å². The average molecular weight is 332 g/mol. The molecular formula is C17H20N2O5. The van der Waals surface area contributed by atoms with Crippen LogP contribution in [0.5, 0.6) is 0 Å². The fourth-order valence-electron chi connectivity index (χ4n) is 2.27. The number of hydrogen-bond acceptors (Lipinski definition) is 5. The Bertz CT molecular complexity index is 683. The van der Waals surface area contributed by atoms with Crippen LogP contribution in [0.2, 0.25) is 0 Å². The molecule has 1 atom stereocenters. The number of ether oxygens (including phenoxy) is 1. The number of carbonyl (C=O) groups excluding carboxylic acids is 4. The Kier molecular flexibility index (Phi) is 5.33. The number of anilines is 1. The highest BCUT2D eigenvalue weighted by molar-refractivity contribution is 6.52. The van der Waals surface area contributed by atoms with Gasteiger partial charge in [0.15, 0.2) is 6.10 Å². The van der Waals surface area contributed by atoms with Gasteiger partial charge in [0.05, 0.1) is 11.3 Å². The second-order valence-electron chi connectivity index (χ2n) is 6.01. The fourth-order valence-corrected chi connectivity index (χ4v) is 2.27. The Labute approximate surface area is 140 Å². The molecule has 1 aromatic carbocycles. The van der Waals surface area contributed by atoms with Crippen molar-refractivity contribution in [1.29, 1.82) is 0 Å². The van der Waals surface area contributed by atoms with Gasteiger partial charge < -0.3 is 10.1 Å². The van der Waals surface area contributed by atoms with Crippen molar-refractivity contribution in [1.82, 2.24) is 5.32 Å². The molecule has 7 nitrogen and oxygen atoms in total. The first-order valence-electron chi connectivity index (χ1n) is 7.73. The zero-order valence-corrected chi connectivity index (χ0v) is 13.9. The number of amides is 2. The second kappa shape index (κ2) is 7.25. The summed E-state index contributed by atoms with van der Waals surface area (Å²) in [6.45, 7) is 5.42. The number of benzene rings is 1. The molecular weight excluding hydrogens is 312 g/mol. The molecule has 2 rings (SSSR count). The minimum absolute atomic E-state index is 0.262. The molecule has 1 heterocycles. The molecule has 1 aliphatic heterocycles. The summed E-state index contributed by atoms with van der Waals surface area (Å²) in [7, 11) is 0. The summed E-state index contributed by atoms with van der Waals surface area (Å²) in [6.07, 6.45) is -0.972. The first kappa shape index (κ1) is 17.7. The predicted molar refractivity (Wildman–Crippen MR) is 86.5 cm³/mol. The van der Waals surface area contributed by atoms with Gasteiger partial charge in [0, 0.05) is 6.54 Å². The van der Waals surface area contributed by atoms with Crippen LogP contribution in [0, 0.1) is 5.92 Å². The molecule has 0 fully saturated rings. The van der Waals surface area contributed by atoms with E-state index in [1.54, 1.807) is 18.2 Å². The Hall–Kier alpha value is -2.70. The number of carbonyl (C=O) groups is 4. The summed E-state index contributed by atoms with van der Waals surface area (Å²) in [6, 6.07) is 6.44. The van der Waals surface area contributed by atoms with Crippen LogP contribution in [-0.2, 0) is 19.1 Å². The quantitative estimate of drug-likeness (QED) is 0.618. The largest absolute Gasteiger partial charge is 0.451 e. The number of para-hydroxylation sites is 1. The molecule has 7 heteroatoms. The molecule has 0 bridgehead atoms. The van der Waals surface area contributed by atoms with Crippen molar-refractivity contribution in [3.63, 3.8) is 0 Å². The molecule has 0 radical (unpaired) electrons. The Morgan fingerprint density at radius 1 is 1.17 bits per heavy atom. The van der Waals surface area contributed by atoms with Crippen LogP contribution in [-0.4, -0.2) is 42.8 Å². The van der Waals surface area contributed by atoms with Crippen molar-refractivity contribution in [3.8, 4) is 0 Å². The van der Waals surface area contributed by atoms with E-state index < -0.39 is 36.2 Å². The molecule has 0 spiro atoms. The number of rotatable bonds is 6. The van der Waals surface area contributed by atoms with Gasteiger partial charge in [-0.2, -0.15) is 0 Å². The van der Waals surface area contributed by atoms with Crippen molar-refractivity contribution in [2.75, 3.05) is 18.0 Å². The molecule has 0 aliphatic carbocycles. The van der Waals surface area contributed by atoms with Crippen LogP contribution in [0.1, 0.15) is 31.1 Å². The minimum atomic E-state index is -0.972. The third-order valence-corrected chi connectivity index (χ3v) is 3.53. The fraction of sp³-hybridized carbons (Fsp3) is 0.412. The average Bonchev–Trinajstić information content (AvgIpc) is 2.78. The molecule has 128 valence electrons. The lowest BCUT2D eigenvalue weighted by molar-refractivity contribution is -0.153. The van der Waals surface area contributed by atoms with E-state index in [1.807, 2.05) is 13.8 Å². The Morgan fingerprint density at radius 3 is 2.50 bits per heavy atom. The van der Waals surface area contributed by atoms with E-state index in [-0.39, 0.29) is 11.5 Å². The van der Waals surface area contributed by atoms with E-state index in [2.05, 4.69) is 5.32 Å². The normalized spacial score (nSPS) is 14.6. The van der Waals surface area contributed by atoms with E-state index in [0.717, 1.165) is 4.90 Å². The van der Waals surface area contributed by atoms with Crippen molar-refractivity contribution < 1.29 is 23.9 Å². The molecule has 1 aromatic rings. The summed E-state index contributed by atoms with van der Waals surface area (Å²) in [4.78, 5) is 48.7. The number of hydrogen-bond donors (Lipinski definition) is 1. The number of fused-ring (bicyclic) bond motifs is 1. The molecule has 0 saturated carbocycles. The lowest BCUT2D eigenvalue weighted by atomic mass is 10.1. The minimum Gasteiger partial charge on any atom is -0.451 e. The lowest BCUT2D eigenvalue weighted by Crippen LogP contribution is -2.41. The van der Waals surface area contributed by atoms with E-state index >= 15 is 0 Å². The first-order valence-corrected chi connectivity index (χ1v) is 7.73. The first-order chi connectivity index (χ1) is 11.3. The third-order valence-electron chi connectivity index (χ3n) is 3.53. The van der Waals surface area contributed by atoms with Gasteiger partial charge in [-0.15, -0.1) is 0 Å². The molecule has 2 amide bonds. The van der Waals surface area contributed by atoms with Crippen LogP contribution in [0.15, 0.2) is 24.3 Å². The highest BCUT2D eigenvalue weighted by Gasteiger charge is 2.37. The monoisotopic (exact) mass is 332 g/mol. The second-order valence-corrected chi connectivity index (χ2v) is 6.01. The van der Waals surface area contributed by atoms with Crippen LogP contribution in [0.4, 0.5) is 5.69 Å². The van der Waals surface area contributed by atoms with E-state index in [9.17, 15) is 19.2 Å². The zero-order valence-electron chi connectivity index (χ0n) is 13.9. The van der Waals surface area contributed by atoms with Gasteiger partial charge in [0.2, 0.25) is 0 Å². The SMILES string of the molecule is CC(C)CNC(=O)[C@@H](C)OC(=O)CN1C(=O)C(=O)c2ccccc21. The zero-order chi connectivity index (χ0) is 17.9. The van der Waals surface area contributed by atoms with E-state index in [0.29, 0.717) is 12.2 Å². The molecule has 24 heavy (non-hydrogen) atoms. The van der Waals surface area contributed by atoms with Gasteiger partial charge in [-0.1, -0.05) is 26.0 Å². The van der Waals surface area contributed by atoms with Crippen molar-refractivity contribution in [3.05, 3.63) is 29.8 Å². The molecule has 0 saturated heterocycles. The van der Waals surface area contributed by atoms with E-state index in [1.165, 1.54) is 13.0 Å². The predicted octanol–water partition coefficient (Wildman–Crippen LogP) is 0.920. The van der Waals surface area contributed by atoms with Gasteiger partial charge in [-0.3, -0.25) is 24.1 Å². The van der Waals surface area contributed by atoms with Crippen molar-refractivity contribution in [2.24, 2.45) is 5.92 Å². The highest BCUT2D eigenvalue weighted by atomic mass is 16.5. The maximum absolute atomic E-state index is 12.0. The summed E-state index contributed by atoms with van der Waals surface area (Å²) in [5.74, 6) is -2.30. The number of esters is 1. The standard InChI is InChI=1S/C17H20N2O5/c1-10(2)8-18-16(22)11(3)24-14(20)9-19-13-7-5-4-6-12(13)15(21)17(19)23/h4-7,10-11H,8-9H2,1-3H3,(H,18,22)/t11-/m1/s1. The number of nitrogens with one attached hydrogen (secondary N) is 1. The lowest BCUT2D eigenvalue weighted by Gasteiger charge is -2.18. The van der Waals surface area contributed by atoms with Crippen LogP contribution in [0.25, 0.3) is 0 Å². The highest BCUT2D eigenvalue weighted by Crippen LogP contribution is 2.28. The van der Waals surface area contributed by atoms with Gasteiger partial charge >= 0.3 is 5.97 Å².